The highest BCUT2D eigenvalue weighted by Crippen LogP contribution is 2.22. The van der Waals surface area contributed by atoms with E-state index < -0.39 is 11.5 Å². The van der Waals surface area contributed by atoms with Gasteiger partial charge >= 0.3 is 5.97 Å². The summed E-state index contributed by atoms with van der Waals surface area (Å²) in [7, 11) is 0. The first-order chi connectivity index (χ1) is 8.41. The summed E-state index contributed by atoms with van der Waals surface area (Å²) in [6.45, 7) is 3.11. The fourth-order valence-electron chi connectivity index (χ4n) is 1.54. The summed E-state index contributed by atoms with van der Waals surface area (Å²) < 4.78 is 14.5. The van der Waals surface area contributed by atoms with Crippen molar-refractivity contribution >= 4 is 5.97 Å². The molecule has 1 aromatic carbocycles. The molecule has 0 unspecified atom stereocenters. The van der Waals surface area contributed by atoms with Crippen LogP contribution in [0.2, 0.25) is 0 Å². The smallest absolute Gasteiger partial charge is 0.331 e. The van der Waals surface area contributed by atoms with Gasteiger partial charge in [-0.1, -0.05) is 12.1 Å². The van der Waals surface area contributed by atoms with Crippen LogP contribution >= 0.6 is 0 Å². The van der Waals surface area contributed by atoms with E-state index in [0.29, 0.717) is 11.1 Å². The molecule has 0 spiro atoms. The van der Waals surface area contributed by atoms with Gasteiger partial charge in [-0.2, -0.15) is 5.10 Å². The molecule has 1 N–H and O–H groups in total. The molecule has 2 rings (SSSR count). The number of hydrogen-bond donors (Lipinski definition) is 1. The molecule has 0 atom stereocenters. The Morgan fingerprint density at radius 2 is 2.11 bits per heavy atom. The summed E-state index contributed by atoms with van der Waals surface area (Å²) in [5.74, 6) is -1.31. The highest BCUT2D eigenvalue weighted by molar-refractivity contribution is 5.75. The van der Waals surface area contributed by atoms with Crippen LogP contribution < -0.4 is 0 Å². The van der Waals surface area contributed by atoms with Crippen LogP contribution in [0.5, 0.6) is 0 Å². The number of carboxylic acids is 1. The summed E-state index contributed by atoms with van der Waals surface area (Å²) in [6.07, 6.45) is 3.13. The minimum Gasteiger partial charge on any atom is -0.479 e. The maximum absolute atomic E-state index is 13.1. The second kappa shape index (κ2) is 4.25. The van der Waals surface area contributed by atoms with Crippen molar-refractivity contribution in [1.82, 2.24) is 9.78 Å². The Balaban J connectivity index is 2.40. The predicted molar refractivity (Wildman–Crippen MR) is 64.6 cm³/mol. The normalized spacial score (nSPS) is 11.5. The monoisotopic (exact) mass is 248 g/mol. The molecule has 1 heterocycles. The third-order valence-electron chi connectivity index (χ3n) is 2.84. The predicted octanol–water partition coefficient (Wildman–Crippen LogP) is 2.51. The zero-order chi connectivity index (χ0) is 13.3. The number of rotatable bonds is 3. The van der Waals surface area contributed by atoms with Gasteiger partial charge in [-0.3, -0.25) is 4.68 Å². The molecule has 0 radical (unpaired) electrons. The fraction of sp³-hybridized carbons (Fsp3) is 0.231. The Labute approximate surface area is 104 Å². The average Bonchev–Trinajstić information content (AvgIpc) is 2.78. The van der Waals surface area contributed by atoms with Crippen molar-refractivity contribution in [1.29, 1.82) is 0 Å². The zero-order valence-corrected chi connectivity index (χ0v) is 10.1. The van der Waals surface area contributed by atoms with Gasteiger partial charge in [-0.25, -0.2) is 9.18 Å². The van der Waals surface area contributed by atoms with E-state index in [1.807, 2.05) is 0 Å². The van der Waals surface area contributed by atoms with E-state index in [2.05, 4.69) is 5.10 Å². The van der Waals surface area contributed by atoms with Gasteiger partial charge in [0.15, 0.2) is 5.54 Å². The third-order valence-corrected chi connectivity index (χ3v) is 2.84. The first-order valence-electron chi connectivity index (χ1n) is 5.46. The van der Waals surface area contributed by atoms with Crippen molar-refractivity contribution in [2.24, 2.45) is 0 Å². The fourth-order valence-corrected chi connectivity index (χ4v) is 1.54. The Hall–Kier alpha value is -2.17. The molecule has 4 nitrogen and oxygen atoms in total. The van der Waals surface area contributed by atoms with Crippen LogP contribution in [0.15, 0.2) is 36.7 Å². The second-order valence-electron chi connectivity index (χ2n) is 4.55. The average molecular weight is 248 g/mol. The lowest BCUT2D eigenvalue weighted by atomic mass is 10.1. The van der Waals surface area contributed by atoms with Crippen LogP contribution in [0.25, 0.3) is 11.1 Å². The lowest BCUT2D eigenvalue weighted by Crippen LogP contribution is -2.35. The maximum Gasteiger partial charge on any atom is 0.331 e. The molecule has 2 aromatic rings. The quantitative estimate of drug-likeness (QED) is 0.908. The molecule has 0 aliphatic carbocycles. The van der Waals surface area contributed by atoms with Crippen LogP contribution in [0.1, 0.15) is 13.8 Å². The number of aromatic nitrogens is 2. The maximum atomic E-state index is 13.1. The largest absolute Gasteiger partial charge is 0.479 e. The van der Waals surface area contributed by atoms with Crippen molar-refractivity contribution in [3.63, 3.8) is 0 Å². The van der Waals surface area contributed by atoms with Gasteiger partial charge in [0, 0.05) is 11.8 Å². The standard InChI is InChI=1S/C13H13FN2O2/c1-13(2,12(17)18)16-8-10(7-15-16)9-4-3-5-11(14)6-9/h3-8H,1-2H3,(H,17,18). The van der Waals surface area contributed by atoms with Crippen LogP contribution in [-0.2, 0) is 10.3 Å². The zero-order valence-electron chi connectivity index (χ0n) is 10.1. The molecular formula is C13H13FN2O2. The first-order valence-corrected chi connectivity index (χ1v) is 5.46. The molecule has 0 amide bonds. The first kappa shape index (κ1) is 12.3. The lowest BCUT2D eigenvalue weighted by molar-refractivity contribution is -0.146. The van der Waals surface area contributed by atoms with Gasteiger partial charge in [0.2, 0.25) is 0 Å². The second-order valence-corrected chi connectivity index (χ2v) is 4.55. The number of carbonyl (C=O) groups is 1. The number of benzene rings is 1. The van der Waals surface area contributed by atoms with Gasteiger partial charge in [-0.15, -0.1) is 0 Å². The number of halogens is 1. The van der Waals surface area contributed by atoms with E-state index >= 15 is 0 Å². The highest BCUT2D eigenvalue weighted by atomic mass is 19.1. The molecule has 0 saturated carbocycles. The molecule has 0 saturated heterocycles. The van der Waals surface area contributed by atoms with E-state index in [0.717, 1.165) is 0 Å². The van der Waals surface area contributed by atoms with Crippen molar-refractivity contribution < 1.29 is 14.3 Å². The third kappa shape index (κ3) is 2.11. The van der Waals surface area contributed by atoms with E-state index in [-0.39, 0.29) is 5.82 Å². The molecule has 0 fully saturated rings. The highest BCUT2D eigenvalue weighted by Gasteiger charge is 2.30. The van der Waals surface area contributed by atoms with Crippen LogP contribution in [-0.4, -0.2) is 20.9 Å². The van der Waals surface area contributed by atoms with Gasteiger partial charge in [0.25, 0.3) is 0 Å². The molecule has 0 aliphatic rings. The summed E-state index contributed by atoms with van der Waals surface area (Å²) in [5, 5.41) is 13.1. The summed E-state index contributed by atoms with van der Waals surface area (Å²) >= 11 is 0. The topological polar surface area (TPSA) is 55.1 Å². The van der Waals surface area contributed by atoms with E-state index in [4.69, 9.17) is 5.11 Å². The van der Waals surface area contributed by atoms with Crippen molar-refractivity contribution in [3.8, 4) is 11.1 Å². The summed E-state index contributed by atoms with van der Waals surface area (Å²) in [5.41, 5.74) is 0.220. The van der Waals surface area contributed by atoms with Gasteiger partial charge in [0.05, 0.1) is 6.20 Å². The van der Waals surface area contributed by atoms with Crippen LogP contribution in [0, 0.1) is 5.82 Å². The number of aliphatic carboxylic acids is 1. The molecule has 0 aliphatic heterocycles. The van der Waals surface area contributed by atoms with E-state index in [9.17, 15) is 9.18 Å². The molecule has 94 valence electrons. The summed E-state index contributed by atoms with van der Waals surface area (Å²) in [6, 6.07) is 6.09. The molecular weight excluding hydrogens is 235 g/mol. The van der Waals surface area contributed by atoms with Gasteiger partial charge in [0.1, 0.15) is 5.82 Å². The number of carboxylic acid groups (broad SMARTS) is 1. The van der Waals surface area contributed by atoms with Crippen molar-refractivity contribution in [2.45, 2.75) is 19.4 Å². The van der Waals surface area contributed by atoms with Crippen LogP contribution in [0.4, 0.5) is 4.39 Å². The van der Waals surface area contributed by atoms with Crippen LogP contribution in [0.3, 0.4) is 0 Å². The SMILES string of the molecule is CC(C)(C(=O)O)n1cc(-c2cccc(F)c2)cn1. The lowest BCUT2D eigenvalue weighted by Gasteiger charge is -2.19. The Kier molecular flexibility index (Phi) is 2.90. The molecule has 0 bridgehead atoms. The van der Waals surface area contributed by atoms with Gasteiger partial charge in [-0.05, 0) is 31.5 Å². The van der Waals surface area contributed by atoms with E-state index in [1.165, 1.54) is 23.0 Å². The molecule has 5 heteroatoms. The number of nitrogens with zero attached hydrogens (tertiary/aromatic N) is 2. The molecule has 18 heavy (non-hydrogen) atoms. The summed E-state index contributed by atoms with van der Waals surface area (Å²) in [4.78, 5) is 11.1. The van der Waals surface area contributed by atoms with Crippen molar-refractivity contribution in [2.75, 3.05) is 0 Å². The van der Waals surface area contributed by atoms with E-state index in [1.54, 1.807) is 32.2 Å². The minimum atomic E-state index is -1.13. The van der Waals surface area contributed by atoms with Gasteiger partial charge < -0.3 is 5.11 Å². The number of hydrogen-bond acceptors (Lipinski definition) is 2. The van der Waals surface area contributed by atoms with Crippen molar-refractivity contribution in [3.05, 3.63) is 42.5 Å². The molecule has 1 aromatic heterocycles. The Bertz CT molecular complexity index is 590. The Morgan fingerprint density at radius 1 is 1.39 bits per heavy atom. The minimum absolute atomic E-state index is 0.335. The Morgan fingerprint density at radius 3 is 2.72 bits per heavy atom.